The number of hydrogen-bond acceptors (Lipinski definition) is 3. The van der Waals surface area contributed by atoms with Crippen LogP contribution in [-0.2, 0) is 5.75 Å². The van der Waals surface area contributed by atoms with Crippen LogP contribution in [0.15, 0.2) is 47.5 Å². The lowest BCUT2D eigenvalue weighted by Gasteiger charge is -2.03. The van der Waals surface area contributed by atoms with Gasteiger partial charge in [-0.1, -0.05) is 6.07 Å². The highest BCUT2D eigenvalue weighted by molar-refractivity contribution is 7.98. The fraction of sp³-hybridized carbons (Fsp3) is 0.0833. The van der Waals surface area contributed by atoms with Crippen molar-refractivity contribution in [1.82, 2.24) is 4.98 Å². The van der Waals surface area contributed by atoms with Gasteiger partial charge in [0.25, 0.3) is 0 Å². The molecule has 4 heteroatoms. The van der Waals surface area contributed by atoms with E-state index in [1.54, 1.807) is 18.3 Å². The fourth-order valence-electron chi connectivity index (χ4n) is 1.27. The Labute approximate surface area is 97.7 Å². The standard InChI is InChI=1S/C12H11FN2S/c13-11-7-9(14)4-5-12(11)16-8-10-3-1-2-6-15-10/h1-7H,8,14H2. The summed E-state index contributed by atoms with van der Waals surface area (Å²) in [6.07, 6.45) is 1.73. The van der Waals surface area contributed by atoms with Crippen LogP contribution in [0, 0.1) is 5.82 Å². The number of hydrogen-bond donors (Lipinski definition) is 1. The summed E-state index contributed by atoms with van der Waals surface area (Å²) in [5.74, 6) is 0.378. The monoisotopic (exact) mass is 234 g/mol. The van der Waals surface area contributed by atoms with Crippen LogP contribution in [0.5, 0.6) is 0 Å². The van der Waals surface area contributed by atoms with Crippen LogP contribution in [0.1, 0.15) is 5.69 Å². The molecule has 16 heavy (non-hydrogen) atoms. The lowest BCUT2D eigenvalue weighted by Crippen LogP contribution is -1.89. The van der Waals surface area contributed by atoms with Crippen molar-refractivity contribution in [2.75, 3.05) is 5.73 Å². The molecule has 0 atom stereocenters. The number of rotatable bonds is 3. The third kappa shape index (κ3) is 2.73. The van der Waals surface area contributed by atoms with Gasteiger partial charge >= 0.3 is 0 Å². The summed E-state index contributed by atoms with van der Waals surface area (Å²) < 4.78 is 13.4. The van der Waals surface area contributed by atoms with E-state index in [-0.39, 0.29) is 5.82 Å². The highest BCUT2D eigenvalue weighted by atomic mass is 32.2. The quantitative estimate of drug-likeness (QED) is 0.655. The third-order valence-corrected chi connectivity index (χ3v) is 3.14. The Kier molecular flexibility index (Phi) is 3.41. The molecule has 1 heterocycles. The Balaban J connectivity index is 2.05. The molecule has 82 valence electrons. The van der Waals surface area contributed by atoms with Crippen LogP contribution in [0.2, 0.25) is 0 Å². The van der Waals surface area contributed by atoms with E-state index in [1.807, 2.05) is 18.2 Å². The van der Waals surface area contributed by atoms with Crippen LogP contribution >= 0.6 is 11.8 Å². The van der Waals surface area contributed by atoms with E-state index < -0.39 is 0 Å². The molecule has 2 nitrogen and oxygen atoms in total. The van der Waals surface area contributed by atoms with E-state index in [1.165, 1.54) is 17.8 Å². The van der Waals surface area contributed by atoms with Crippen LogP contribution < -0.4 is 5.73 Å². The van der Waals surface area contributed by atoms with Gasteiger partial charge in [-0.2, -0.15) is 0 Å². The second-order valence-corrected chi connectivity index (χ2v) is 4.32. The summed E-state index contributed by atoms with van der Waals surface area (Å²) in [6.45, 7) is 0. The Bertz CT molecular complexity index is 474. The molecule has 2 N–H and O–H groups in total. The third-order valence-electron chi connectivity index (χ3n) is 2.06. The number of nitrogen functional groups attached to an aromatic ring is 1. The van der Waals surface area contributed by atoms with E-state index in [0.717, 1.165) is 5.69 Å². The Morgan fingerprint density at radius 1 is 1.25 bits per heavy atom. The number of nitrogens with two attached hydrogens (primary N) is 1. The highest BCUT2D eigenvalue weighted by Crippen LogP contribution is 2.25. The molecule has 2 aromatic rings. The Morgan fingerprint density at radius 2 is 2.12 bits per heavy atom. The summed E-state index contributed by atoms with van der Waals surface area (Å²) in [6, 6.07) is 10.4. The van der Waals surface area contributed by atoms with Crippen LogP contribution in [-0.4, -0.2) is 4.98 Å². The summed E-state index contributed by atoms with van der Waals surface area (Å²) in [7, 11) is 0. The van der Waals surface area contributed by atoms with Gasteiger partial charge in [0, 0.05) is 22.5 Å². The van der Waals surface area contributed by atoms with Crippen molar-refractivity contribution in [1.29, 1.82) is 0 Å². The number of benzene rings is 1. The first-order valence-electron chi connectivity index (χ1n) is 4.83. The van der Waals surface area contributed by atoms with Crippen molar-refractivity contribution in [3.63, 3.8) is 0 Å². The number of halogens is 1. The minimum Gasteiger partial charge on any atom is -0.399 e. The number of nitrogens with zero attached hydrogens (tertiary/aromatic N) is 1. The van der Waals surface area contributed by atoms with Crippen molar-refractivity contribution < 1.29 is 4.39 Å². The average molecular weight is 234 g/mol. The van der Waals surface area contributed by atoms with Crippen LogP contribution in [0.4, 0.5) is 10.1 Å². The largest absolute Gasteiger partial charge is 0.399 e. The molecular formula is C12H11FN2S. The zero-order chi connectivity index (χ0) is 11.4. The SMILES string of the molecule is Nc1ccc(SCc2ccccn2)c(F)c1. The molecule has 0 aliphatic rings. The molecule has 0 amide bonds. The van der Waals surface area contributed by atoms with Crippen LogP contribution in [0.3, 0.4) is 0 Å². The molecule has 1 aromatic heterocycles. The summed E-state index contributed by atoms with van der Waals surface area (Å²) in [5.41, 5.74) is 6.85. The molecule has 0 saturated heterocycles. The lowest BCUT2D eigenvalue weighted by atomic mass is 10.3. The van der Waals surface area contributed by atoms with Gasteiger partial charge in [0.1, 0.15) is 5.82 Å². The van der Waals surface area contributed by atoms with E-state index in [0.29, 0.717) is 16.3 Å². The first-order chi connectivity index (χ1) is 7.75. The molecule has 0 unspecified atom stereocenters. The second-order valence-electron chi connectivity index (χ2n) is 3.30. The molecule has 1 aromatic carbocycles. The maximum absolute atomic E-state index is 13.4. The number of aromatic nitrogens is 1. The molecule has 0 radical (unpaired) electrons. The average Bonchev–Trinajstić information content (AvgIpc) is 2.29. The molecule has 0 bridgehead atoms. The van der Waals surface area contributed by atoms with Crippen molar-refractivity contribution in [2.24, 2.45) is 0 Å². The Hall–Kier alpha value is -1.55. The number of thioether (sulfide) groups is 1. The summed E-state index contributed by atoms with van der Waals surface area (Å²) >= 11 is 1.42. The van der Waals surface area contributed by atoms with E-state index in [4.69, 9.17) is 5.73 Å². The maximum Gasteiger partial charge on any atom is 0.138 e. The van der Waals surface area contributed by atoms with E-state index >= 15 is 0 Å². The predicted molar refractivity (Wildman–Crippen MR) is 64.6 cm³/mol. The maximum atomic E-state index is 13.4. The smallest absolute Gasteiger partial charge is 0.138 e. The van der Waals surface area contributed by atoms with E-state index in [2.05, 4.69) is 4.98 Å². The summed E-state index contributed by atoms with van der Waals surface area (Å²) in [5, 5.41) is 0. The molecule has 0 fully saturated rings. The van der Waals surface area contributed by atoms with Gasteiger partial charge < -0.3 is 5.73 Å². The van der Waals surface area contributed by atoms with Crippen molar-refractivity contribution in [3.8, 4) is 0 Å². The van der Waals surface area contributed by atoms with Gasteiger partial charge in [-0.3, -0.25) is 4.98 Å². The molecule has 2 rings (SSSR count). The van der Waals surface area contributed by atoms with Crippen LogP contribution in [0.25, 0.3) is 0 Å². The van der Waals surface area contributed by atoms with Gasteiger partial charge in [-0.05, 0) is 30.3 Å². The topological polar surface area (TPSA) is 38.9 Å². The fourth-order valence-corrected chi connectivity index (χ4v) is 2.10. The minimum atomic E-state index is -0.277. The van der Waals surface area contributed by atoms with Gasteiger partial charge in [-0.25, -0.2) is 4.39 Å². The van der Waals surface area contributed by atoms with Gasteiger partial charge in [0.05, 0.1) is 5.69 Å². The zero-order valence-electron chi connectivity index (χ0n) is 8.56. The van der Waals surface area contributed by atoms with Gasteiger partial charge in [-0.15, -0.1) is 11.8 Å². The van der Waals surface area contributed by atoms with Crippen molar-refractivity contribution >= 4 is 17.4 Å². The molecule has 0 spiro atoms. The predicted octanol–water partition coefficient (Wildman–Crippen LogP) is 3.10. The van der Waals surface area contributed by atoms with Gasteiger partial charge in [0.2, 0.25) is 0 Å². The van der Waals surface area contributed by atoms with E-state index in [9.17, 15) is 4.39 Å². The molecule has 0 aliphatic heterocycles. The Morgan fingerprint density at radius 3 is 2.81 bits per heavy atom. The zero-order valence-corrected chi connectivity index (χ0v) is 9.38. The molecule has 0 saturated carbocycles. The second kappa shape index (κ2) is 4.99. The first-order valence-corrected chi connectivity index (χ1v) is 5.82. The molecule has 0 aliphatic carbocycles. The number of anilines is 1. The first kappa shape index (κ1) is 11.0. The normalized spacial score (nSPS) is 10.3. The minimum absolute atomic E-state index is 0.277. The highest BCUT2D eigenvalue weighted by Gasteiger charge is 2.03. The lowest BCUT2D eigenvalue weighted by molar-refractivity contribution is 0.602. The number of pyridine rings is 1. The summed E-state index contributed by atoms with van der Waals surface area (Å²) in [4.78, 5) is 4.77. The van der Waals surface area contributed by atoms with Crippen molar-refractivity contribution in [2.45, 2.75) is 10.6 Å². The van der Waals surface area contributed by atoms with Gasteiger partial charge in [0.15, 0.2) is 0 Å². The van der Waals surface area contributed by atoms with Crippen molar-refractivity contribution in [3.05, 3.63) is 54.1 Å². The molecular weight excluding hydrogens is 223 g/mol.